The predicted molar refractivity (Wildman–Crippen MR) is 68.7 cm³/mol. The molecule has 5 heteroatoms. The molecule has 0 fully saturated rings. The first-order valence-electron chi connectivity index (χ1n) is 5.50. The van der Waals surface area contributed by atoms with Crippen LogP contribution in [0.1, 0.15) is 24.3 Å². The van der Waals surface area contributed by atoms with Gasteiger partial charge in [-0.3, -0.25) is 4.79 Å². The minimum absolute atomic E-state index is 0.0938. The number of hydrogen-bond acceptors (Lipinski definition) is 4. The number of amides is 1. The molecule has 0 aliphatic heterocycles. The third-order valence-electron chi connectivity index (χ3n) is 2.91. The van der Waals surface area contributed by atoms with Crippen LogP contribution in [0, 0.1) is 0 Å². The summed E-state index contributed by atoms with van der Waals surface area (Å²) >= 11 is 0. The van der Waals surface area contributed by atoms with Gasteiger partial charge >= 0.3 is 0 Å². The van der Waals surface area contributed by atoms with E-state index in [1.54, 1.807) is 12.1 Å². The molecule has 1 aromatic heterocycles. The van der Waals surface area contributed by atoms with E-state index in [-0.39, 0.29) is 11.4 Å². The third-order valence-corrected chi connectivity index (χ3v) is 2.91. The molecule has 1 aromatic rings. The number of nitrogens with zero attached hydrogens (tertiary/aromatic N) is 2. The molecule has 0 atom stereocenters. The molecule has 94 valence electrons. The Labute approximate surface area is 102 Å². The first kappa shape index (κ1) is 13.4. The number of anilines is 1. The zero-order chi connectivity index (χ0) is 13.1. The van der Waals surface area contributed by atoms with Gasteiger partial charge in [-0.2, -0.15) is 0 Å². The monoisotopic (exact) mass is 236 g/mol. The van der Waals surface area contributed by atoms with Gasteiger partial charge in [-0.1, -0.05) is 0 Å². The quantitative estimate of drug-likeness (QED) is 0.808. The molecule has 0 saturated carbocycles. The fourth-order valence-corrected chi connectivity index (χ4v) is 1.08. The number of likely N-dealkylation sites (N-methyl/N-ethyl adjacent to an activating group) is 1. The van der Waals surface area contributed by atoms with Crippen LogP contribution in [-0.4, -0.2) is 42.0 Å². The second-order valence-electron chi connectivity index (χ2n) is 4.87. The Kier molecular flexibility index (Phi) is 4.07. The molecule has 3 N–H and O–H groups in total. The lowest BCUT2D eigenvalue weighted by Gasteiger charge is -2.32. The highest BCUT2D eigenvalue weighted by atomic mass is 16.1. The van der Waals surface area contributed by atoms with Crippen molar-refractivity contribution in [1.82, 2.24) is 15.2 Å². The zero-order valence-electron chi connectivity index (χ0n) is 10.8. The Hall–Kier alpha value is -1.62. The number of rotatable bonds is 4. The minimum atomic E-state index is -0.181. The van der Waals surface area contributed by atoms with E-state index < -0.39 is 0 Å². The van der Waals surface area contributed by atoms with Crippen molar-refractivity contribution in [3.8, 4) is 0 Å². The Morgan fingerprint density at radius 3 is 2.59 bits per heavy atom. The summed E-state index contributed by atoms with van der Waals surface area (Å²) in [6, 6.07) is 3.28. The Morgan fingerprint density at radius 1 is 1.47 bits per heavy atom. The molecule has 17 heavy (non-hydrogen) atoms. The van der Waals surface area contributed by atoms with Crippen molar-refractivity contribution in [2.24, 2.45) is 0 Å². The molecule has 1 amide bonds. The maximum absolute atomic E-state index is 11.8. The van der Waals surface area contributed by atoms with Gasteiger partial charge in [-0.15, -0.1) is 0 Å². The first-order valence-corrected chi connectivity index (χ1v) is 5.50. The van der Waals surface area contributed by atoms with Crippen LogP contribution in [0.5, 0.6) is 0 Å². The summed E-state index contributed by atoms with van der Waals surface area (Å²) in [4.78, 5) is 17.8. The lowest BCUT2D eigenvalue weighted by Crippen LogP contribution is -2.48. The highest BCUT2D eigenvalue weighted by Crippen LogP contribution is 2.08. The second-order valence-corrected chi connectivity index (χ2v) is 4.87. The fraction of sp³-hybridized carbons (Fsp3) is 0.500. The van der Waals surface area contributed by atoms with Gasteiger partial charge in [0.05, 0.1) is 11.9 Å². The molecule has 0 bridgehead atoms. The van der Waals surface area contributed by atoms with Gasteiger partial charge in [-0.25, -0.2) is 4.98 Å². The van der Waals surface area contributed by atoms with Gasteiger partial charge in [0.15, 0.2) is 0 Å². The highest BCUT2D eigenvalue weighted by Gasteiger charge is 2.21. The number of carbonyl (C=O) groups excluding carboxylic acids is 1. The van der Waals surface area contributed by atoms with E-state index in [0.717, 1.165) is 0 Å². The number of carbonyl (C=O) groups is 1. The normalized spacial score (nSPS) is 11.6. The highest BCUT2D eigenvalue weighted by molar-refractivity contribution is 5.92. The van der Waals surface area contributed by atoms with Crippen LogP contribution >= 0.6 is 0 Å². The second kappa shape index (κ2) is 5.14. The molecule has 0 aromatic carbocycles. The molecule has 0 spiro atoms. The predicted octanol–water partition coefficient (Wildman–Crippen LogP) is 0.734. The van der Waals surface area contributed by atoms with Crippen LogP contribution in [-0.2, 0) is 0 Å². The van der Waals surface area contributed by atoms with Crippen LogP contribution < -0.4 is 11.1 Å². The van der Waals surface area contributed by atoms with E-state index in [2.05, 4.69) is 29.0 Å². The molecule has 0 saturated heterocycles. The van der Waals surface area contributed by atoms with Crippen molar-refractivity contribution in [2.75, 3.05) is 26.4 Å². The van der Waals surface area contributed by atoms with Crippen molar-refractivity contribution < 1.29 is 4.79 Å². The third kappa shape index (κ3) is 3.71. The van der Waals surface area contributed by atoms with Crippen LogP contribution in [0.2, 0.25) is 0 Å². The van der Waals surface area contributed by atoms with Crippen LogP contribution in [0.15, 0.2) is 18.3 Å². The van der Waals surface area contributed by atoms with E-state index >= 15 is 0 Å². The number of nitrogens with two attached hydrogens (primary N) is 1. The SMILES string of the molecule is CN(C)C(C)(C)CNC(=O)c1ccc(N)cn1. The molecule has 0 aliphatic rings. The summed E-state index contributed by atoms with van der Waals surface area (Å²) in [5, 5.41) is 2.86. The average Bonchev–Trinajstić information content (AvgIpc) is 2.27. The maximum Gasteiger partial charge on any atom is 0.269 e. The number of hydrogen-bond donors (Lipinski definition) is 2. The van der Waals surface area contributed by atoms with Gasteiger partial charge in [0, 0.05) is 12.1 Å². The lowest BCUT2D eigenvalue weighted by molar-refractivity contribution is 0.0915. The molecule has 0 radical (unpaired) electrons. The zero-order valence-corrected chi connectivity index (χ0v) is 10.8. The van der Waals surface area contributed by atoms with Crippen molar-refractivity contribution in [2.45, 2.75) is 19.4 Å². The van der Waals surface area contributed by atoms with E-state index in [1.807, 2.05) is 14.1 Å². The summed E-state index contributed by atoms with van der Waals surface area (Å²) in [5.74, 6) is -0.181. The smallest absolute Gasteiger partial charge is 0.269 e. The number of nitrogens with one attached hydrogen (secondary N) is 1. The number of aromatic nitrogens is 1. The summed E-state index contributed by atoms with van der Waals surface area (Å²) < 4.78 is 0. The van der Waals surface area contributed by atoms with E-state index in [4.69, 9.17) is 5.73 Å². The summed E-state index contributed by atoms with van der Waals surface area (Å²) in [7, 11) is 3.96. The summed E-state index contributed by atoms with van der Waals surface area (Å²) in [6.07, 6.45) is 1.48. The summed E-state index contributed by atoms with van der Waals surface area (Å²) in [5.41, 5.74) is 6.35. The summed E-state index contributed by atoms with van der Waals surface area (Å²) in [6.45, 7) is 4.68. The van der Waals surface area contributed by atoms with Gasteiger partial charge in [-0.05, 0) is 40.1 Å². The average molecular weight is 236 g/mol. The lowest BCUT2D eigenvalue weighted by atomic mass is 10.0. The molecule has 1 rings (SSSR count). The Balaban J connectivity index is 2.59. The molecular formula is C12H20N4O. The topological polar surface area (TPSA) is 71.2 Å². The Morgan fingerprint density at radius 2 is 2.12 bits per heavy atom. The van der Waals surface area contributed by atoms with Gasteiger partial charge in [0.2, 0.25) is 0 Å². The fourth-order valence-electron chi connectivity index (χ4n) is 1.08. The molecular weight excluding hydrogens is 216 g/mol. The van der Waals surface area contributed by atoms with E-state index in [0.29, 0.717) is 17.9 Å². The van der Waals surface area contributed by atoms with Gasteiger partial charge in [0.1, 0.15) is 5.69 Å². The van der Waals surface area contributed by atoms with Crippen LogP contribution in [0.25, 0.3) is 0 Å². The van der Waals surface area contributed by atoms with Crippen molar-refractivity contribution in [3.63, 3.8) is 0 Å². The van der Waals surface area contributed by atoms with Crippen LogP contribution in [0.4, 0.5) is 5.69 Å². The van der Waals surface area contributed by atoms with Gasteiger partial charge in [0.25, 0.3) is 5.91 Å². The minimum Gasteiger partial charge on any atom is -0.397 e. The van der Waals surface area contributed by atoms with Gasteiger partial charge < -0.3 is 16.0 Å². The number of nitrogen functional groups attached to an aromatic ring is 1. The maximum atomic E-state index is 11.8. The van der Waals surface area contributed by atoms with Crippen molar-refractivity contribution >= 4 is 11.6 Å². The van der Waals surface area contributed by atoms with E-state index in [1.165, 1.54) is 6.20 Å². The molecule has 0 unspecified atom stereocenters. The van der Waals surface area contributed by atoms with E-state index in [9.17, 15) is 4.79 Å². The molecule has 5 nitrogen and oxygen atoms in total. The largest absolute Gasteiger partial charge is 0.397 e. The molecule has 1 heterocycles. The van der Waals surface area contributed by atoms with Crippen molar-refractivity contribution in [3.05, 3.63) is 24.0 Å². The van der Waals surface area contributed by atoms with Crippen molar-refractivity contribution in [1.29, 1.82) is 0 Å². The van der Waals surface area contributed by atoms with Crippen LogP contribution in [0.3, 0.4) is 0 Å². The first-order chi connectivity index (χ1) is 7.83. The standard InChI is InChI=1S/C12H20N4O/c1-12(2,16(3)4)8-15-11(17)10-6-5-9(13)7-14-10/h5-7H,8,13H2,1-4H3,(H,15,17). The molecule has 0 aliphatic carbocycles. The number of pyridine rings is 1. The Bertz CT molecular complexity index is 384.